The predicted octanol–water partition coefficient (Wildman–Crippen LogP) is 5.28. The van der Waals surface area contributed by atoms with Crippen LogP contribution in [-0.4, -0.2) is 33.2 Å². The molecule has 0 saturated carbocycles. The van der Waals surface area contributed by atoms with Crippen molar-refractivity contribution in [2.24, 2.45) is 0 Å². The number of hydrogen-bond donors (Lipinski definition) is 1. The zero-order chi connectivity index (χ0) is 23.7. The van der Waals surface area contributed by atoms with Gasteiger partial charge in [-0.3, -0.25) is 9.10 Å². The minimum atomic E-state index is -3.93. The normalized spacial score (nSPS) is 11.2. The second-order valence-corrected chi connectivity index (χ2v) is 10.9. The Morgan fingerprint density at radius 2 is 1.64 bits per heavy atom. The molecule has 174 valence electrons. The molecule has 0 aliphatic carbocycles. The van der Waals surface area contributed by atoms with Gasteiger partial charge in [-0.1, -0.05) is 54.1 Å². The van der Waals surface area contributed by atoms with Gasteiger partial charge in [-0.2, -0.15) is 11.8 Å². The highest BCUT2D eigenvalue weighted by molar-refractivity contribution is 7.98. The molecule has 33 heavy (non-hydrogen) atoms. The predicted molar refractivity (Wildman–Crippen MR) is 137 cm³/mol. The van der Waals surface area contributed by atoms with Gasteiger partial charge in [0.25, 0.3) is 10.0 Å². The van der Waals surface area contributed by atoms with Gasteiger partial charge in [-0.25, -0.2) is 8.42 Å². The fraction of sp³-hybridized carbons (Fsp3) is 0.240. The maximum Gasteiger partial charge on any atom is 0.264 e. The van der Waals surface area contributed by atoms with Crippen molar-refractivity contribution in [3.05, 3.63) is 95.0 Å². The maximum absolute atomic E-state index is 13.3. The van der Waals surface area contributed by atoms with Crippen molar-refractivity contribution in [3.63, 3.8) is 0 Å². The Labute approximate surface area is 205 Å². The van der Waals surface area contributed by atoms with Crippen molar-refractivity contribution in [1.29, 1.82) is 0 Å². The summed E-state index contributed by atoms with van der Waals surface area (Å²) in [6.45, 7) is 2.29. The Hall–Kier alpha value is -2.48. The van der Waals surface area contributed by atoms with Crippen LogP contribution in [0.15, 0.2) is 83.8 Å². The number of carbonyl (C=O) groups excluding carboxylic acids is 1. The Morgan fingerprint density at radius 3 is 2.33 bits per heavy atom. The van der Waals surface area contributed by atoms with E-state index in [1.165, 1.54) is 35.4 Å². The molecule has 0 heterocycles. The van der Waals surface area contributed by atoms with E-state index in [0.29, 0.717) is 17.3 Å². The van der Waals surface area contributed by atoms with Gasteiger partial charge in [-0.15, -0.1) is 0 Å². The van der Waals surface area contributed by atoms with Gasteiger partial charge in [0.2, 0.25) is 5.91 Å². The summed E-state index contributed by atoms with van der Waals surface area (Å²) in [5.74, 6) is 1.49. The molecule has 0 aromatic heterocycles. The summed E-state index contributed by atoms with van der Waals surface area (Å²) in [6, 6.07) is 22.8. The average molecular weight is 503 g/mol. The smallest absolute Gasteiger partial charge is 0.264 e. The van der Waals surface area contributed by atoms with E-state index in [0.717, 1.165) is 22.2 Å². The number of amides is 1. The molecule has 0 saturated heterocycles. The van der Waals surface area contributed by atoms with Crippen LogP contribution in [0, 0.1) is 6.92 Å². The number of benzene rings is 3. The molecule has 0 spiro atoms. The number of anilines is 1. The molecule has 1 amide bonds. The number of para-hydroxylation sites is 1. The zero-order valence-electron chi connectivity index (χ0n) is 18.4. The van der Waals surface area contributed by atoms with Crippen LogP contribution < -0.4 is 9.62 Å². The molecule has 5 nitrogen and oxygen atoms in total. The van der Waals surface area contributed by atoms with Crippen LogP contribution in [0.3, 0.4) is 0 Å². The van der Waals surface area contributed by atoms with Gasteiger partial charge in [0.15, 0.2) is 0 Å². The quantitative estimate of drug-likeness (QED) is 0.362. The van der Waals surface area contributed by atoms with E-state index in [1.807, 2.05) is 23.9 Å². The molecule has 0 atom stereocenters. The molecule has 3 rings (SSSR count). The highest BCUT2D eigenvalue weighted by Gasteiger charge is 2.27. The third-order valence-corrected chi connectivity index (χ3v) is 8.17. The van der Waals surface area contributed by atoms with E-state index < -0.39 is 10.0 Å². The molecular weight excluding hydrogens is 476 g/mol. The van der Waals surface area contributed by atoms with E-state index >= 15 is 0 Å². The lowest BCUT2D eigenvalue weighted by molar-refractivity contribution is -0.119. The largest absolute Gasteiger partial charge is 0.354 e. The minimum Gasteiger partial charge on any atom is -0.354 e. The summed E-state index contributed by atoms with van der Waals surface area (Å²) in [6.07, 6.45) is 0.803. The summed E-state index contributed by atoms with van der Waals surface area (Å²) in [5, 5.41) is 3.29. The number of sulfonamides is 1. The molecule has 0 aliphatic heterocycles. The highest BCUT2D eigenvalue weighted by Crippen LogP contribution is 2.24. The molecule has 0 fully saturated rings. The molecule has 8 heteroatoms. The van der Waals surface area contributed by atoms with Crippen molar-refractivity contribution in [2.75, 3.05) is 23.1 Å². The van der Waals surface area contributed by atoms with Crippen LogP contribution >= 0.6 is 23.4 Å². The van der Waals surface area contributed by atoms with Crippen LogP contribution in [0.5, 0.6) is 0 Å². The van der Waals surface area contributed by atoms with E-state index in [1.54, 1.807) is 30.3 Å². The van der Waals surface area contributed by atoms with Crippen LogP contribution in [0.1, 0.15) is 17.5 Å². The molecule has 0 unspecified atom stereocenters. The molecule has 3 aromatic carbocycles. The number of thioether (sulfide) groups is 1. The highest BCUT2D eigenvalue weighted by atomic mass is 35.5. The van der Waals surface area contributed by atoms with Crippen molar-refractivity contribution < 1.29 is 13.2 Å². The lowest BCUT2D eigenvalue weighted by atomic mass is 10.1. The Balaban J connectivity index is 1.56. The number of halogens is 1. The Bertz CT molecular complexity index is 1150. The summed E-state index contributed by atoms with van der Waals surface area (Å²) in [5.41, 5.74) is 3.02. The second-order valence-electron chi connectivity index (χ2n) is 7.48. The summed E-state index contributed by atoms with van der Waals surface area (Å²) >= 11 is 7.72. The maximum atomic E-state index is 13.3. The third kappa shape index (κ3) is 7.25. The van der Waals surface area contributed by atoms with Crippen molar-refractivity contribution >= 4 is 45.0 Å². The number of hydrogen-bond acceptors (Lipinski definition) is 4. The van der Waals surface area contributed by atoms with Crippen LogP contribution in [-0.2, 0) is 20.6 Å². The van der Waals surface area contributed by atoms with Gasteiger partial charge in [-0.05, 0) is 66.6 Å². The number of rotatable bonds is 11. The standard InChI is InChI=1S/C25H27ClN2O3S2/c1-20-8-5-6-9-21(20)19-32-17-7-16-27-25(29)18-28(23-10-3-2-4-11-23)33(30,31)24-14-12-22(26)13-15-24/h2-6,8-15H,7,16-19H2,1H3,(H,27,29). The molecule has 0 bridgehead atoms. The number of carbonyl (C=O) groups is 1. The molecule has 0 radical (unpaired) electrons. The second kappa shape index (κ2) is 12.1. The summed E-state index contributed by atoms with van der Waals surface area (Å²) in [7, 11) is -3.93. The Morgan fingerprint density at radius 1 is 0.970 bits per heavy atom. The topological polar surface area (TPSA) is 66.5 Å². The first kappa shape index (κ1) is 25.1. The van der Waals surface area contributed by atoms with Crippen molar-refractivity contribution in [2.45, 2.75) is 24.0 Å². The molecule has 0 aliphatic rings. The third-order valence-electron chi connectivity index (χ3n) is 5.04. The van der Waals surface area contributed by atoms with Crippen LogP contribution in [0.25, 0.3) is 0 Å². The number of nitrogens with one attached hydrogen (secondary N) is 1. The first-order valence-electron chi connectivity index (χ1n) is 10.6. The van der Waals surface area contributed by atoms with Gasteiger partial charge in [0.05, 0.1) is 10.6 Å². The first-order chi connectivity index (χ1) is 15.9. The Kier molecular flexibility index (Phi) is 9.23. The zero-order valence-corrected chi connectivity index (χ0v) is 20.8. The van der Waals surface area contributed by atoms with E-state index in [2.05, 4.69) is 24.4 Å². The van der Waals surface area contributed by atoms with Gasteiger partial charge in [0.1, 0.15) is 6.54 Å². The van der Waals surface area contributed by atoms with E-state index in [4.69, 9.17) is 11.6 Å². The van der Waals surface area contributed by atoms with Crippen LogP contribution in [0.2, 0.25) is 5.02 Å². The van der Waals surface area contributed by atoms with Gasteiger partial charge in [0, 0.05) is 17.3 Å². The lowest BCUT2D eigenvalue weighted by Crippen LogP contribution is -2.41. The summed E-state index contributed by atoms with van der Waals surface area (Å²) < 4.78 is 27.6. The number of aryl methyl sites for hydroxylation is 1. The molecule has 1 N–H and O–H groups in total. The van der Waals surface area contributed by atoms with Gasteiger partial charge >= 0.3 is 0 Å². The van der Waals surface area contributed by atoms with Crippen molar-refractivity contribution in [1.82, 2.24) is 5.32 Å². The fourth-order valence-electron chi connectivity index (χ4n) is 3.19. The SMILES string of the molecule is Cc1ccccc1CSCCCNC(=O)CN(c1ccccc1)S(=O)(=O)c1ccc(Cl)cc1. The fourth-order valence-corrected chi connectivity index (χ4v) is 5.77. The molecular formula is C25H27ClN2O3S2. The lowest BCUT2D eigenvalue weighted by Gasteiger charge is -2.24. The van der Waals surface area contributed by atoms with Gasteiger partial charge < -0.3 is 5.32 Å². The van der Waals surface area contributed by atoms with Crippen molar-refractivity contribution in [3.8, 4) is 0 Å². The van der Waals surface area contributed by atoms with E-state index in [9.17, 15) is 13.2 Å². The number of nitrogens with zero attached hydrogens (tertiary/aromatic N) is 1. The van der Waals surface area contributed by atoms with Crippen LogP contribution in [0.4, 0.5) is 5.69 Å². The monoisotopic (exact) mass is 502 g/mol. The van der Waals surface area contributed by atoms with E-state index in [-0.39, 0.29) is 17.3 Å². The molecule has 3 aromatic rings. The average Bonchev–Trinajstić information content (AvgIpc) is 2.81. The first-order valence-corrected chi connectivity index (χ1v) is 13.6. The summed E-state index contributed by atoms with van der Waals surface area (Å²) in [4.78, 5) is 12.7. The minimum absolute atomic E-state index is 0.0798.